The van der Waals surface area contributed by atoms with Gasteiger partial charge in [-0.25, -0.2) is 4.79 Å². The molecule has 80 valence electrons. The molecule has 1 N–H and O–H groups in total. The molecule has 3 nitrogen and oxygen atoms in total. The van der Waals surface area contributed by atoms with Crippen molar-refractivity contribution < 1.29 is 23.1 Å². The fourth-order valence-electron chi connectivity index (χ4n) is 1.16. The molecule has 0 radical (unpaired) electrons. The number of aliphatic hydroxyl groups excluding tert-OH is 1. The van der Waals surface area contributed by atoms with E-state index in [1.807, 2.05) is 0 Å². The number of nitrogens with zero attached hydrogens (tertiary/aromatic N) is 1. The van der Waals surface area contributed by atoms with Crippen LogP contribution in [0.5, 0.6) is 0 Å². The van der Waals surface area contributed by atoms with Crippen LogP contribution in [0.25, 0.3) is 0 Å². The first-order chi connectivity index (χ1) is 7.00. The molecule has 0 amide bonds. The first kappa shape index (κ1) is 11.4. The summed E-state index contributed by atoms with van der Waals surface area (Å²) in [5.41, 5.74) is -1.64. The lowest BCUT2D eigenvalue weighted by Crippen LogP contribution is -2.09. The van der Waals surface area contributed by atoms with Crippen LogP contribution in [0.2, 0.25) is 0 Å². The van der Waals surface area contributed by atoms with Gasteiger partial charge in [-0.05, 0) is 12.1 Å². The van der Waals surface area contributed by atoms with E-state index >= 15 is 0 Å². The van der Waals surface area contributed by atoms with Crippen LogP contribution in [-0.4, -0.2) is 11.2 Å². The summed E-state index contributed by atoms with van der Waals surface area (Å²) in [6, 6.07) is 3.12. The summed E-state index contributed by atoms with van der Waals surface area (Å²) >= 11 is 0. The van der Waals surface area contributed by atoms with E-state index in [-0.39, 0.29) is 5.69 Å². The van der Waals surface area contributed by atoms with Crippen LogP contribution in [0.1, 0.15) is 11.1 Å². The van der Waals surface area contributed by atoms with Crippen molar-refractivity contribution in [1.29, 1.82) is 0 Å². The molecule has 0 unspecified atom stereocenters. The van der Waals surface area contributed by atoms with Crippen LogP contribution in [0.4, 0.5) is 18.9 Å². The van der Waals surface area contributed by atoms with Crippen LogP contribution >= 0.6 is 0 Å². The number of rotatable bonds is 2. The third-order valence-corrected chi connectivity index (χ3v) is 1.78. The smallest absolute Gasteiger partial charge is 0.392 e. The molecule has 0 saturated heterocycles. The van der Waals surface area contributed by atoms with E-state index in [9.17, 15) is 18.0 Å². The molecule has 0 bridgehead atoms. The average molecular weight is 217 g/mol. The van der Waals surface area contributed by atoms with Crippen LogP contribution in [0.15, 0.2) is 23.2 Å². The Morgan fingerprint density at radius 1 is 1.40 bits per heavy atom. The largest absolute Gasteiger partial charge is 0.416 e. The molecule has 1 aromatic rings. The molecule has 0 spiro atoms. The summed E-state index contributed by atoms with van der Waals surface area (Å²) in [4.78, 5) is 13.0. The Hall–Kier alpha value is -1.65. The quantitative estimate of drug-likeness (QED) is 0.609. The van der Waals surface area contributed by atoms with E-state index in [0.29, 0.717) is 0 Å². The van der Waals surface area contributed by atoms with Crippen LogP contribution in [-0.2, 0) is 17.6 Å². The molecule has 1 aromatic carbocycles. The molecule has 0 aliphatic rings. The second-order valence-electron chi connectivity index (χ2n) is 2.66. The Morgan fingerprint density at radius 3 is 2.53 bits per heavy atom. The zero-order chi connectivity index (χ0) is 11.5. The maximum atomic E-state index is 12.4. The molecule has 15 heavy (non-hydrogen) atoms. The Morgan fingerprint density at radius 2 is 2.07 bits per heavy atom. The summed E-state index contributed by atoms with van der Waals surface area (Å²) in [5, 5.41) is 8.80. The topological polar surface area (TPSA) is 49.7 Å². The monoisotopic (exact) mass is 217 g/mol. The first-order valence-electron chi connectivity index (χ1n) is 3.88. The highest BCUT2D eigenvalue weighted by Crippen LogP contribution is 2.35. The number of aliphatic hydroxyl groups is 1. The summed E-state index contributed by atoms with van der Waals surface area (Å²) in [7, 11) is 0. The minimum atomic E-state index is -4.58. The highest BCUT2D eigenvalue weighted by molar-refractivity contribution is 5.56. The number of isocyanates is 1. The van der Waals surface area contributed by atoms with E-state index in [2.05, 4.69) is 4.99 Å². The molecular formula is C9H6F3NO2. The molecule has 1 rings (SSSR count). The van der Waals surface area contributed by atoms with Gasteiger partial charge >= 0.3 is 6.18 Å². The standard InChI is InChI=1S/C9H6F3NO2/c10-9(11,12)7-2-1-3-8(13-5-15)6(7)4-14/h1-3,14H,4H2. The predicted molar refractivity (Wildman–Crippen MR) is 45.1 cm³/mol. The van der Waals surface area contributed by atoms with E-state index in [1.54, 1.807) is 0 Å². The summed E-state index contributed by atoms with van der Waals surface area (Å²) in [6.45, 7) is -0.837. The highest BCUT2D eigenvalue weighted by Gasteiger charge is 2.33. The van der Waals surface area contributed by atoms with Gasteiger partial charge in [0.15, 0.2) is 0 Å². The highest BCUT2D eigenvalue weighted by atomic mass is 19.4. The van der Waals surface area contributed by atoms with Crippen molar-refractivity contribution in [1.82, 2.24) is 0 Å². The average Bonchev–Trinajstić information content (AvgIpc) is 2.16. The van der Waals surface area contributed by atoms with Gasteiger partial charge in [-0.15, -0.1) is 0 Å². The number of benzene rings is 1. The number of carbonyl (C=O) groups excluding carboxylic acids is 1. The van der Waals surface area contributed by atoms with Crippen molar-refractivity contribution in [3.63, 3.8) is 0 Å². The molecule has 0 fully saturated rings. The number of alkyl halides is 3. The molecule has 0 aliphatic heterocycles. The maximum Gasteiger partial charge on any atom is 0.416 e. The summed E-state index contributed by atoms with van der Waals surface area (Å²) < 4.78 is 37.2. The molecule has 0 heterocycles. The third-order valence-electron chi connectivity index (χ3n) is 1.78. The Kier molecular flexibility index (Phi) is 3.24. The second kappa shape index (κ2) is 4.25. The molecule has 6 heteroatoms. The fraction of sp³-hybridized carbons (Fsp3) is 0.222. The van der Waals surface area contributed by atoms with Crippen LogP contribution in [0.3, 0.4) is 0 Å². The Bertz CT molecular complexity index is 408. The Labute approximate surface area is 82.9 Å². The van der Waals surface area contributed by atoms with Crippen LogP contribution in [0, 0.1) is 0 Å². The van der Waals surface area contributed by atoms with Gasteiger partial charge in [0.25, 0.3) is 0 Å². The third kappa shape index (κ3) is 2.43. The lowest BCUT2D eigenvalue weighted by Gasteiger charge is -2.12. The minimum absolute atomic E-state index is 0.220. The second-order valence-corrected chi connectivity index (χ2v) is 2.66. The first-order valence-corrected chi connectivity index (χ1v) is 3.88. The number of halogens is 3. The molecule has 0 aliphatic carbocycles. The SMILES string of the molecule is O=C=Nc1cccc(C(F)(F)F)c1CO. The zero-order valence-electron chi connectivity index (χ0n) is 7.38. The zero-order valence-corrected chi connectivity index (χ0v) is 7.38. The maximum absolute atomic E-state index is 12.4. The van der Waals surface area contributed by atoms with Crippen molar-refractivity contribution in [2.45, 2.75) is 12.8 Å². The number of hydrogen-bond donors (Lipinski definition) is 1. The van der Waals surface area contributed by atoms with E-state index in [1.165, 1.54) is 6.07 Å². The van der Waals surface area contributed by atoms with Gasteiger partial charge in [0, 0.05) is 5.56 Å². The van der Waals surface area contributed by atoms with Gasteiger partial charge in [0.05, 0.1) is 17.9 Å². The molecule has 0 atom stereocenters. The van der Waals surface area contributed by atoms with Crippen molar-refractivity contribution in [2.24, 2.45) is 4.99 Å². The van der Waals surface area contributed by atoms with Gasteiger partial charge in [0.2, 0.25) is 6.08 Å². The normalized spacial score (nSPS) is 10.9. The predicted octanol–water partition coefficient (Wildman–Crippen LogP) is 2.17. The van der Waals surface area contributed by atoms with Crippen molar-refractivity contribution in [3.8, 4) is 0 Å². The summed E-state index contributed by atoms with van der Waals surface area (Å²) in [6.07, 6.45) is -3.44. The number of hydrogen-bond acceptors (Lipinski definition) is 3. The minimum Gasteiger partial charge on any atom is -0.392 e. The Balaban J connectivity index is 3.41. The van der Waals surface area contributed by atoms with Gasteiger partial charge in [-0.1, -0.05) is 6.07 Å². The van der Waals surface area contributed by atoms with Gasteiger partial charge in [-0.3, -0.25) is 0 Å². The fourth-order valence-corrected chi connectivity index (χ4v) is 1.16. The van der Waals surface area contributed by atoms with Gasteiger partial charge in [0.1, 0.15) is 0 Å². The summed E-state index contributed by atoms with van der Waals surface area (Å²) in [5.74, 6) is 0. The molecule has 0 saturated carbocycles. The lowest BCUT2D eigenvalue weighted by atomic mass is 10.1. The molecule has 0 aromatic heterocycles. The van der Waals surface area contributed by atoms with Crippen molar-refractivity contribution in [2.75, 3.05) is 0 Å². The molecular weight excluding hydrogens is 211 g/mol. The van der Waals surface area contributed by atoms with Crippen molar-refractivity contribution in [3.05, 3.63) is 29.3 Å². The number of aliphatic imine (C=N–C) groups is 1. The van der Waals surface area contributed by atoms with E-state index in [4.69, 9.17) is 5.11 Å². The van der Waals surface area contributed by atoms with Crippen molar-refractivity contribution >= 4 is 11.8 Å². The van der Waals surface area contributed by atoms with Crippen LogP contribution < -0.4 is 0 Å². The lowest BCUT2D eigenvalue weighted by molar-refractivity contribution is -0.138. The van der Waals surface area contributed by atoms with Gasteiger partial charge < -0.3 is 5.11 Å². The van der Waals surface area contributed by atoms with E-state index < -0.39 is 23.9 Å². The van der Waals surface area contributed by atoms with E-state index in [0.717, 1.165) is 18.2 Å². The van der Waals surface area contributed by atoms with Gasteiger partial charge in [-0.2, -0.15) is 18.2 Å².